The van der Waals surface area contributed by atoms with Gasteiger partial charge in [-0.15, -0.1) is 0 Å². The van der Waals surface area contributed by atoms with Gasteiger partial charge in [0, 0.05) is 6.54 Å². The topological polar surface area (TPSA) is 67.4 Å². The maximum absolute atomic E-state index is 12.9. The van der Waals surface area contributed by atoms with Crippen molar-refractivity contribution >= 4 is 12.0 Å². The third kappa shape index (κ3) is 3.46. The molecule has 0 bridgehead atoms. The number of urea groups is 1. The molecule has 1 saturated carbocycles. The van der Waals surface area contributed by atoms with Crippen LogP contribution in [-0.4, -0.2) is 25.7 Å². The molecule has 2 N–H and O–H groups in total. The van der Waals surface area contributed by atoms with E-state index in [4.69, 9.17) is 0 Å². The molecule has 1 aliphatic carbocycles. The van der Waals surface area contributed by atoms with Gasteiger partial charge in [0.1, 0.15) is 5.82 Å². The van der Waals surface area contributed by atoms with E-state index in [1.807, 2.05) is 0 Å². The van der Waals surface area contributed by atoms with Crippen LogP contribution in [0.5, 0.6) is 0 Å². The molecule has 20 heavy (non-hydrogen) atoms. The standard InChI is InChI=1S/C14H17FN2O3/c1-20-12(18)6-9-16-13(19)17-14(7-8-14)10-2-4-11(15)5-3-10/h2-5H,6-9H2,1H3,(H2,16,17,19). The van der Waals surface area contributed by atoms with Gasteiger partial charge in [0.25, 0.3) is 0 Å². The van der Waals surface area contributed by atoms with Crippen LogP contribution in [0.3, 0.4) is 0 Å². The molecule has 5 nitrogen and oxygen atoms in total. The highest BCUT2D eigenvalue weighted by Crippen LogP contribution is 2.45. The molecule has 2 amide bonds. The van der Waals surface area contributed by atoms with Crippen LogP contribution in [0.1, 0.15) is 24.8 Å². The fourth-order valence-electron chi connectivity index (χ4n) is 2.02. The number of hydrogen-bond donors (Lipinski definition) is 2. The monoisotopic (exact) mass is 280 g/mol. The van der Waals surface area contributed by atoms with E-state index in [9.17, 15) is 14.0 Å². The highest BCUT2D eigenvalue weighted by molar-refractivity contribution is 5.76. The maximum atomic E-state index is 12.9. The molecule has 0 heterocycles. The summed E-state index contributed by atoms with van der Waals surface area (Å²) in [5, 5.41) is 5.47. The van der Waals surface area contributed by atoms with E-state index in [0.717, 1.165) is 18.4 Å². The van der Waals surface area contributed by atoms with Crippen molar-refractivity contribution in [1.82, 2.24) is 10.6 Å². The molecule has 0 aromatic heterocycles. The highest BCUT2D eigenvalue weighted by atomic mass is 19.1. The molecule has 1 aromatic carbocycles. The third-order valence-electron chi connectivity index (χ3n) is 3.34. The number of nitrogens with one attached hydrogen (secondary N) is 2. The lowest BCUT2D eigenvalue weighted by atomic mass is 10.1. The quantitative estimate of drug-likeness (QED) is 0.806. The molecule has 2 rings (SSSR count). The highest BCUT2D eigenvalue weighted by Gasteiger charge is 2.45. The Morgan fingerprint density at radius 2 is 1.95 bits per heavy atom. The van der Waals surface area contributed by atoms with Crippen molar-refractivity contribution in [3.05, 3.63) is 35.6 Å². The average Bonchev–Trinajstić information content (AvgIpc) is 3.20. The van der Waals surface area contributed by atoms with E-state index in [1.165, 1.54) is 19.2 Å². The Balaban J connectivity index is 1.84. The summed E-state index contributed by atoms with van der Waals surface area (Å²) < 4.78 is 17.4. The number of methoxy groups -OCH3 is 1. The Labute approximate surface area is 116 Å². The van der Waals surface area contributed by atoms with E-state index in [2.05, 4.69) is 15.4 Å². The van der Waals surface area contributed by atoms with Crippen molar-refractivity contribution in [3.8, 4) is 0 Å². The molecule has 1 fully saturated rings. The first-order chi connectivity index (χ1) is 9.55. The van der Waals surface area contributed by atoms with Crippen LogP contribution in [0, 0.1) is 5.82 Å². The van der Waals surface area contributed by atoms with Gasteiger partial charge in [-0.05, 0) is 30.5 Å². The van der Waals surface area contributed by atoms with E-state index < -0.39 is 5.54 Å². The van der Waals surface area contributed by atoms with Crippen molar-refractivity contribution in [2.24, 2.45) is 0 Å². The minimum absolute atomic E-state index is 0.132. The Hall–Kier alpha value is -2.11. The molecule has 6 heteroatoms. The lowest BCUT2D eigenvalue weighted by molar-refractivity contribution is -0.140. The molecule has 108 valence electrons. The van der Waals surface area contributed by atoms with Gasteiger partial charge >= 0.3 is 12.0 Å². The van der Waals surface area contributed by atoms with Crippen molar-refractivity contribution in [3.63, 3.8) is 0 Å². The average molecular weight is 280 g/mol. The van der Waals surface area contributed by atoms with Crippen LogP contribution in [-0.2, 0) is 15.1 Å². The Bertz CT molecular complexity index is 498. The second-order valence-electron chi connectivity index (χ2n) is 4.80. The van der Waals surface area contributed by atoms with Gasteiger partial charge in [-0.3, -0.25) is 4.79 Å². The summed E-state index contributed by atoms with van der Waals surface area (Å²) in [7, 11) is 1.30. The zero-order chi connectivity index (χ0) is 14.6. The summed E-state index contributed by atoms with van der Waals surface area (Å²) in [4.78, 5) is 22.7. The van der Waals surface area contributed by atoms with E-state index in [0.29, 0.717) is 0 Å². The zero-order valence-corrected chi connectivity index (χ0v) is 11.2. The number of hydrogen-bond acceptors (Lipinski definition) is 3. The summed E-state index contributed by atoms with van der Waals surface area (Å²) in [6, 6.07) is 5.78. The number of amides is 2. The van der Waals surface area contributed by atoms with Crippen LogP contribution < -0.4 is 10.6 Å². The number of ether oxygens (including phenoxy) is 1. The minimum Gasteiger partial charge on any atom is -0.469 e. The van der Waals surface area contributed by atoms with Crippen molar-refractivity contribution in [2.45, 2.75) is 24.8 Å². The number of rotatable bonds is 5. The van der Waals surface area contributed by atoms with Gasteiger partial charge < -0.3 is 15.4 Å². The smallest absolute Gasteiger partial charge is 0.315 e. The predicted octanol–water partition coefficient (Wildman–Crippen LogP) is 1.68. The first-order valence-electron chi connectivity index (χ1n) is 6.45. The molecule has 0 unspecified atom stereocenters. The third-order valence-corrected chi connectivity index (χ3v) is 3.34. The Morgan fingerprint density at radius 1 is 1.30 bits per heavy atom. The van der Waals surface area contributed by atoms with Crippen LogP contribution >= 0.6 is 0 Å². The van der Waals surface area contributed by atoms with Crippen molar-refractivity contribution in [2.75, 3.05) is 13.7 Å². The molecule has 0 spiro atoms. The van der Waals surface area contributed by atoms with Gasteiger partial charge in [0.15, 0.2) is 0 Å². The fraction of sp³-hybridized carbons (Fsp3) is 0.429. The summed E-state index contributed by atoms with van der Waals surface area (Å²) in [6.45, 7) is 0.220. The molecule has 0 atom stereocenters. The summed E-state index contributed by atoms with van der Waals surface area (Å²) in [5.41, 5.74) is 0.491. The van der Waals surface area contributed by atoms with Crippen LogP contribution in [0.2, 0.25) is 0 Å². The first-order valence-corrected chi connectivity index (χ1v) is 6.45. The Morgan fingerprint density at radius 3 is 2.50 bits per heavy atom. The first kappa shape index (κ1) is 14.3. The largest absolute Gasteiger partial charge is 0.469 e. The summed E-state index contributed by atoms with van der Waals surface area (Å²) in [5.74, 6) is -0.669. The molecule has 1 aromatic rings. The second-order valence-corrected chi connectivity index (χ2v) is 4.80. The lowest BCUT2D eigenvalue weighted by Crippen LogP contribution is -2.42. The second kappa shape index (κ2) is 5.90. The number of halogens is 1. The fourth-order valence-corrected chi connectivity index (χ4v) is 2.02. The van der Waals surface area contributed by atoms with Gasteiger partial charge in [-0.2, -0.15) is 0 Å². The van der Waals surface area contributed by atoms with Crippen LogP contribution in [0.25, 0.3) is 0 Å². The molecule has 0 aliphatic heterocycles. The van der Waals surface area contributed by atoms with Gasteiger partial charge in [-0.1, -0.05) is 12.1 Å². The van der Waals surface area contributed by atoms with Gasteiger partial charge in [0.2, 0.25) is 0 Å². The predicted molar refractivity (Wildman–Crippen MR) is 70.5 cm³/mol. The number of esters is 1. The van der Waals surface area contributed by atoms with Crippen molar-refractivity contribution in [1.29, 1.82) is 0 Å². The normalized spacial score (nSPS) is 15.3. The molecular weight excluding hydrogens is 263 g/mol. The number of carbonyl (C=O) groups excluding carboxylic acids is 2. The maximum Gasteiger partial charge on any atom is 0.315 e. The molecule has 1 aliphatic rings. The van der Waals surface area contributed by atoms with Gasteiger partial charge in [0.05, 0.1) is 19.1 Å². The minimum atomic E-state index is -0.400. The number of benzene rings is 1. The Kier molecular flexibility index (Phi) is 4.22. The summed E-state index contributed by atoms with van der Waals surface area (Å²) >= 11 is 0. The van der Waals surface area contributed by atoms with E-state index >= 15 is 0 Å². The van der Waals surface area contributed by atoms with Crippen LogP contribution in [0.4, 0.5) is 9.18 Å². The SMILES string of the molecule is COC(=O)CCNC(=O)NC1(c2ccc(F)cc2)CC1. The van der Waals surface area contributed by atoms with E-state index in [1.54, 1.807) is 12.1 Å². The molecular formula is C14H17FN2O3. The van der Waals surface area contributed by atoms with Crippen molar-refractivity contribution < 1.29 is 18.7 Å². The van der Waals surface area contributed by atoms with Crippen LogP contribution in [0.15, 0.2) is 24.3 Å². The zero-order valence-electron chi connectivity index (χ0n) is 11.2. The summed E-state index contributed by atoms with van der Waals surface area (Å²) in [6.07, 6.45) is 1.78. The lowest BCUT2D eigenvalue weighted by Gasteiger charge is -2.18. The number of carbonyl (C=O) groups is 2. The van der Waals surface area contributed by atoms with E-state index in [-0.39, 0.29) is 30.8 Å². The molecule has 0 saturated heterocycles. The van der Waals surface area contributed by atoms with Gasteiger partial charge in [-0.25, -0.2) is 9.18 Å². The molecule has 0 radical (unpaired) electrons.